The zero-order valence-electron chi connectivity index (χ0n) is 48.5. The molecule has 13 heteroatoms. The first-order valence-electron chi connectivity index (χ1n) is 29.2. The minimum absolute atomic E-state index is 0.0149. The highest BCUT2D eigenvalue weighted by atomic mass is 28.4. The Morgan fingerprint density at radius 3 is 1.94 bits per heavy atom. The number of carbonyl (C=O) groups excluding carboxylic acids is 2. The minimum atomic E-state index is -2.02. The summed E-state index contributed by atoms with van der Waals surface area (Å²) in [4.78, 5) is 33.2. The summed E-state index contributed by atoms with van der Waals surface area (Å²) in [6.07, 6.45) is 30.0. The molecule has 3 aliphatic heterocycles. The van der Waals surface area contributed by atoms with Gasteiger partial charge in [0.15, 0.2) is 20.1 Å². The molecule has 0 aromatic heterocycles. The van der Waals surface area contributed by atoms with Crippen molar-refractivity contribution in [2.75, 3.05) is 26.4 Å². The van der Waals surface area contributed by atoms with Crippen LogP contribution in [0.4, 0.5) is 0 Å². The Hall–Kier alpha value is -2.30. The number of ether oxygens (including phenoxy) is 4. The fraction of sp³-hybridized carbons (Fsp3) is 0.847. The molecule has 0 saturated carbocycles. The van der Waals surface area contributed by atoms with Gasteiger partial charge in [-0.3, -0.25) is 4.79 Å². The molecule has 0 aromatic carbocycles. The molecule has 11 nitrogen and oxygen atoms in total. The fourth-order valence-corrected chi connectivity index (χ4v) is 18.6. The molecule has 3 heterocycles. The summed E-state index contributed by atoms with van der Waals surface area (Å²) in [5.41, 5.74) is 10.0. The van der Waals surface area contributed by atoms with E-state index in [2.05, 4.69) is 113 Å². The molecule has 0 bridgehead atoms. The highest BCUT2D eigenvalue weighted by molar-refractivity contribution is 6.77. The van der Waals surface area contributed by atoms with E-state index < -0.39 is 22.4 Å². The summed E-state index contributed by atoms with van der Waals surface area (Å²) in [5, 5.41) is 0.137. The number of carbonyl (C=O) groups is 2. The van der Waals surface area contributed by atoms with Gasteiger partial charge in [-0.15, -0.1) is 0 Å². The molecule has 2 saturated heterocycles. The van der Waals surface area contributed by atoms with Crippen LogP contribution in [0.25, 0.3) is 0 Å². The molecule has 3 aliphatic rings. The molecule has 0 aliphatic carbocycles. The second-order valence-corrected chi connectivity index (χ2v) is 34.2. The van der Waals surface area contributed by atoms with Crippen molar-refractivity contribution in [3.05, 3.63) is 36.1 Å². The van der Waals surface area contributed by atoms with E-state index in [1.54, 1.807) is 6.08 Å². The first-order chi connectivity index (χ1) is 34.1. The van der Waals surface area contributed by atoms with E-state index in [1.165, 1.54) is 51.4 Å². The van der Waals surface area contributed by atoms with Gasteiger partial charge in [0.05, 0.1) is 43.2 Å². The zero-order chi connectivity index (χ0) is 53.4. The molecular formula is C59H109N3O8Si2. The Labute approximate surface area is 443 Å². The van der Waals surface area contributed by atoms with Gasteiger partial charge in [-0.1, -0.05) is 165 Å². The van der Waals surface area contributed by atoms with Crippen molar-refractivity contribution in [3.8, 4) is 0 Å². The third-order valence-electron chi connectivity index (χ3n) is 16.4. The summed E-state index contributed by atoms with van der Waals surface area (Å²) in [6, 6.07) is -0.175. The Morgan fingerprint density at radius 1 is 0.833 bits per heavy atom. The molecular weight excluding hydrogens is 935 g/mol. The van der Waals surface area contributed by atoms with Gasteiger partial charge >= 0.3 is 11.9 Å². The Balaban J connectivity index is 1.61. The second-order valence-electron chi connectivity index (χ2n) is 24.0. The van der Waals surface area contributed by atoms with Crippen molar-refractivity contribution in [2.45, 2.75) is 295 Å². The normalized spacial score (nSPS) is 19.6. The highest BCUT2D eigenvalue weighted by Crippen LogP contribution is 2.45. The average Bonchev–Trinajstić information content (AvgIpc) is 3.72. The number of unbranched alkanes of at least 4 members (excludes halogenated alkanes) is 12. The van der Waals surface area contributed by atoms with E-state index in [0.29, 0.717) is 73.8 Å². The third kappa shape index (κ3) is 20.3. The number of nitrogens with two attached hydrogens (primary N) is 1. The molecule has 2 fully saturated rings. The average molecular weight is 1040 g/mol. The van der Waals surface area contributed by atoms with Crippen LogP contribution >= 0.6 is 0 Å². The van der Waals surface area contributed by atoms with Crippen LogP contribution in [0.2, 0.25) is 34.8 Å². The lowest BCUT2D eigenvalue weighted by molar-refractivity contribution is -0.276. The predicted octanol–water partition coefficient (Wildman–Crippen LogP) is 15.5. The number of aliphatic imine (C=N–C) groups is 1. The Bertz CT molecular complexity index is 1660. The van der Waals surface area contributed by atoms with Gasteiger partial charge in [0.2, 0.25) is 8.32 Å². The maximum absolute atomic E-state index is 14.3. The molecule has 3 rings (SSSR count). The van der Waals surface area contributed by atoms with E-state index in [9.17, 15) is 9.59 Å². The molecule has 4 atom stereocenters. The summed E-state index contributed by atoms with van der Waals surface area (Å²) in [6.45, 7) is 35.6. The summed E-state index contributed by atoms with van der Waals surface area (Å²) in [7, 11) is -3.94. The van der Waals surface area contributed by atoms with Crippen LogP contribution in [0.5, 0.6) is 0 Å². The van der Waals surface area contributed by atoms with Crippen LogP contribution in [0.15, 0.2) is 41.1 Å². The second kappa shape index (κ2) is 32.3. The van der Waals surface area contributed by atoms with Crippen LogP contribution < -0.4 is 5.73 Å². The molecule has 0 radical (unpaired) electrons. The first-order valence-corrected chi connectivity index (χ1v) is 34.3. The molecule has 0 amide bonds. The van der Waals surface area contributed by atoms with Crippen LogP contribution in [0.1, 0.15) is 230 Å². The van der Waals surface area contributed by atoms with Crippen molar-refractivity contribution in [1.82, 2.24) is 4.90 Å². The number of guanidine groups is 1. The molecule has 0 unspecified atom stereocenters. The van der Waals surface area contributed by atoms with Crippen molar-refractivity contribution >= 4 is 34.5 Å². The number of nitrogens with zero attached hydrogens (tertiary/aromatic N) is 2. The van der Waals surface area contributed by atoms with Crippen LogP contribution in [-0.4, -0.2) is 95.9 Å². The maximum Gasteiger partial charge on any atom is 0.337 e. The van der Waals surface area contributed by atoms with Crippen molar-refractivity contribution < 1.29 is 37.4 Å². The number of allylic oxidation sites excluding steroid dienone is 2. The van der Waals surface area contributed by atoms with E-state index >= 15 is 0 Å². The Kier molecular flexibility index (Phi) is 28.7. The van der Waals surface area contributed by atoms with Crippen LogP contribution in [0.3, 0.4) is 0 Å². The summed E-state index contributed by atoms with van der Waals surface area (Å²) < 4.78 is 38.3. The summed E-state index contributed by atoms with van der Waals surface area (Å²) >= 11 is 0. The lowest BCUT2D eigenvalue weighted by Gasteiger charge is -2.44. The smallest absolute Gasteiger partial charge is 0.337 e. The largest absolute Gasteiger partial charge is 0.462 e. The molecule has 0 aromatic rings. The number of hydrogen-bond donors (Lipinski definition) is 1. The number of fused-ring (bicyclic) bond motifs is 1. The maximum atomic E-state index is 14.3. The van der Waals surface area contributed by atoms with Gasteiger partial charge in [-0.05, 0) is 106 Å². The summed E-state index contributed by atoms with van der Waals surface area (Å²) in [5.74, 6) is -0.622. The van der Waals surface area contributed by atoms with Gasteiger partial charge in [-0.25, -0.2) is 9.79 Å². The van der Waals surface area contributed by atoms with Gasteiger partial charge in [0.25, 0.3) is 0 Å². The van der Waals surface area contributed by atoms with Gasteiger partial charge in [-0.2, -0.15) is 0 Å². The fourth-order valence-electron chi connectivity index (χ4n) is 11.5. The van der Waals surface area contributed by atoms with E-state index in [1.807, 2.05) is 0 Å². The van der Waals surface area contributed by atoms with Gasteiger partial charge in [0, 0.05) is 31.4 Å². The van der Waals surface area contributed by atoms with Gasteiger partial charge < -0.3 is 38.4 Å². The van der Waals surface area contributed by atoms with Crippen molar-refractivity contribution in [3.63, 3.8) is 0 Å². The quantitative estimate of drug-likeness (QED) is 0.0278. The lowest BCUT2D eigenvalue weighted by Crippen LogP contribution is -2.53. The predicted molar refractivity (Wildman–Crippen MR) is 304 cm³/mol. The highest BCUT2D eigenvalue weighted by Gasteiger charge is 2.49. The van der Waals surface area contributed by atoms with E-state index in [4.69, 9.17) is 38.5 Å². The van der Waals surface area contributed by atoms with Crippen molar-refractivity contribution in [1.29, 1.82) is 0 Å². The first kappa shape index (κ1) is 64.0. The third-order valence-corrected chi connectivity index (χ3v) is 27.1. The standard InChI is InChI=1S/C59H109N3O8Si2/c1-15-41-65-54(63)37-28-26-24-22-20-18-17-19-21-23-25-27-31-42-66-56(64)55-52(36-32-34-49(9)69-71(13,14)58(10,11)12)61-57(60)62-50(38-39-53(55)62)45-59(67-43-33-44-68-59)40-30-29-35-51(16-2)70-72(46(3)4,47(5)6)48(7)8/h15,29,35,46-51,53H,1,16-28,30-34,36-45H2,2-14H3,(H2,60,61)/b35-29-/t49-,50+,51+,53+/m1/s1. The lowest BCUT2D eigenvalue weighted by atomic mass is 9.98. The van der Waals surface area contributed by atoms with E-state index in [0.717, 1.165) is 89.2 Å². The Morgan fingerprint density at radius 2 is 1.40 bits per heavy atom. The van der Waals surface area contributed by atoms with Crippen LogP contribution in [-0.2, 0) is 37.4 Å². The molecule has 2 N–H and O–H groups in total. The zero-order valence-corrected chi connectivity index (χ0v) is 50.5. The number of hydrogen-bond acceptors (Lipinski definition) is 11. The van der Waals surface area contributed by atoms with Gasteiger partial charge in [0.1, 0.15) is 6.61 Å². The van der Waals surface area contributed by atoms with Crippen LogP contribution in [0, 0.1) is 0 Å². The SMILES string of the molecule is C=CCOC(=O)CCCCCCCCCCCCCCCOC(=O)C1=C(CCC[C@@H](C)O[Si](C)(C)C(C)(C)C)N=C(N)N2[C@H](CC3(CC/C=C\[C@H](CC)O[Si](C(C)C)(C(C)C)C(C)C)OCCCO3)CC[C@@H]12. The van der Waals surface area contributed by atoms with Crippen molar-refractivity contribution in [2.24, 2.45) is 10.7 Å². The number of rotatable bonds is 37. The molecule has 416 valence electrons. The topological polar surface area (TPSA) is 131 Å². The molecule has 0 spiro atoms. The number of esters is 2. The minimum Gasteiger partial charge on any atom is -0.462 e. The molecule has 72 heavy (non-hydrogen) atoms. The van der Waals surface area contributed by atoms with E-state index in [-0.39, 0.29) is 41.3 Å². The monoisotopic (exact) mass is 1040 g/mol.